The lowest BCUT2D eigenvalue weighted by Crippen LogP contribution is -2.24. The first kappa shape index (κ1) is 14.9. The van der Waals surface area contributed by atoms with E-state index in [1.165, 1.54) is 4.90 Å². The molecule has 1 unspecified atom stereocenters. The van der Waals surface area contributed by atoms with Gasteiger partial charge in [-0.1, -0.05) is 0 Å². The molecule has 0 fully saturated rings. The normalized spacial score (nSPS) is 12.5. The number of rotatable bonds is 3. The Morgan fingerprint density at radius 2 is 1.77 bits per heavy atom. The maximum atomic E-state index is 9.43. The highest BCUT2D eigenvalue weighted by molar-refractivity contribution is 5.45. The highest BCUT2D eigenvalue weighted by atomic mass is 16.3. The van der Waals surface area contributed by atoms with Crippen LogP contribution in [-0.2, 0) is 4.79 Å². The second-order valence-corrected chi connectivity index (χ2v) is 3.93. The fourth-order valence-corrected chi connectivity index (χ4v) is 0.723. The topological polar surface area (TPSA) is 60.8 Å². The second-order valence-electron chi connectivity index (χ2n) is 3.93. The monoisotopic (exact) mass is 191 g/mol. The third-order valence-electron chi connectivity index (χ3n) is 1.01. The summed E-state index contributed by atoms with van der Waals surface area (Å²) in [5.41, 5.74) is -0.728. The van der Waals surface area contributed by atoms with Gasteiger partial charge in [-0.2, -0.15) is 0 Å². The minimum atomic E-state index is -0.728. The van der Waals surface area contributed by atoms with Crippen molar-refractivity contribution in [3.8, 4) is 0 Å². The van der Waals surface area contributed by atoms with Crippen LogP contribution in [0.15, 0.2) is 0 Å². The zero-order valence-electron chi connectivity index (χ0n) is 9.11. The van der Waals surface area contributed by atoms with E-state index < -0.39 is 11.7 Å². The molecule has 0 aliphatic heterocycles. The number of amides is 1. The molecule has 13 heavy (non-hydrogen) atoms. The van der Waals surface area contributed by atoms with Crippen LogP contribution >= 0.6 is 0 Å². The van der Waals surface area contributed by atoms with Crippen LogP contribution in [0.4, 0.5) is 0 Å². The molecule has 1 amide bonds. The van der Waals surface area contributed by atoms with Crippen molar-refractivity contribution in [1.82, 2.24) is 4.90 Å². The van der Waals surface area contributed by atoms with Gasteiger partial charge in [0.25, 0.3) is 0 Å². The fraction of sp³-hybridized carbons (Fsp3) is 0.889. The lowest BCUT2D eigenvalue weighted by molar-refractivity contribution is -0.115. The number of hydrogen-bond donors (Lipinski definition) is 2. The van der Waals surface area contributed by atoms with E-state index in [1.54, 1.807) is 34.9 Å². The summed E-state index contributed by atoms with van der Waals surface area (Å²) in [5.74, 6) is 0. The lowest BCUT2D eigenvalue weighted by atomic mass is 10.0. The molecule has 0 radical (unpaired) electrons. The molecule has 0 aromatic rings. The van der Waals surface area contributed by atoms with Crippen LogP contribution in [0.3, 0.4) is 0 Å². The Labute approximate surface area is 80.2 Å². The van der Waals surface area contributed by atoms with Gasteiger partial charge in [0, 0.05) is 20.5 Å². The molecule has 0 rings (SSSR count). The van der Waals surface area contributed by atoms with Crippen molar-refractivity contribution in [3.05, 3.63) is 0 Å². The number of hydrogen-bond acceptors (Lipinski definition) is 3. The van der Waals surface area contributed by atoms with Gasteiger partial charge in [0.15, 0.2) is 0 Å². The molecular weight excluding hydrogens is 170 g/mol. The average Bonchev–Trinajstić information content (AvgIpc) is 1.83. The first-order chi connectivity index (χ1) is 5.69. The van der Waals surface area contributed by atoms with Crippen LogP contribution < -0.4 is 0 Å². The van der Waals surface area contributed by atoms with Crippen LogP contribution in [0.5, 0.6) is 0 Å². The van der Waals surface area contributed by atoms with Gasteiger partial charge >= 0.3 is 0 Å². The molecule has 1 atom stereocenters. The zero-order chi connectivity index (χ0) is 11.1. The number of aliphatic hydroxyl groups is 2. The zero-order valence-corrected chi connectivity index (χ0v) is 9.11. The van der Waals surface area contributed by atoms with Gasteiger partial charge in [-0.15, -0.1) is 0 Å². The molecule has 0 aliphatic rings. The molecular formula is C9H21NO3. The molecule has 0 heterocycles. The summed E-state index contributed by atoms with van der Waals surface area (Å²) < 4.78 is 0. The summed E-state index contributed by atoms with van der Waals surface area (Å²) >= 11 is 0. The van der Waals surface area contributed by atoms with Crippen LogP contribution in [-0.4, -0.2) is 47.3 Å². The van der Waals surface area contributed by atoms with E-state index in [-0.39, 0.29) is 0 Å². The molecule has 0 saturated carbocycles. The van der Waals surface area contributed by atoms with E-state index in [4.69, 9.17) is 10.2 Å². The first-order valence-corrected chi connectivity index (χ1v) is 4.21. The quantitative estimate of drug-likeness (QED) is 0.628. The first-order valence-electron chi connectivity index (χ1n) is 4.21. The molecule has 4 heteroatoms. The van der Waals surface area contributed by atoms with Crippen molar-refractivity contribution >= 4 is 6.41 Å². The molecule has 0 bridgehead atoms. The Balaban J connectivity index is 0. The second kappa shape index (κ2) is 6.86. The molecule has 0 saturated heterocycles. The van der Waals surface area contributed by atoms with Crippen molar-refractivity contribution in [2.24, 2.45) is 0 Å². The summed E-state index contributed by atoms with van der Waals surface area (Å²) in [5, 5.41) is 17.8. The van der Waals surface area contributed by atoms with Crippen LogP contribution in [0.2, 0.25) is 0 Å². The van der Waals surface area contributed by atoms with E-state index in [9.17, 15) is 4.79 Å². The number of carbonyl (C=O) groups is 1. The summed E-state index contributed by atoms with van der Waals surface area (Å²) in [4.78, 5) is 10.9. The van der Waals surface area contributed by atoms with Crippen molar-refractivity contribution < 1.29 is 15.0 Å². The van der Waals surface area contributed by atoms with Crippen molar-refractivity contribution in [2.75, 3.05) is 14.1 Å². The summed E-state index contributed by atoms with van der Waals surface area (Å²) in [6, 6.07) is 0. The van der Waals surface area contributed by atoms with Crippen LogP contribution in [0.1, 0.15) is 27.2 Å². The molecule has 80 valence electrons. The predicted molar refractivity (Wildman–Crippen MR) is 52.3 cm³/mol. The van der Waals surface area contributed by atoms with E-state index in [2.05, 4.69) is 0 Å². The standard InChI is InChI=1S/C6H14O2.C3H7NO/c1-5(7)4-6(2,3)8;1-4(2)3-5/h5,7-8H,4H2,1-3H3;3H,1-2H3. The Morgan fingerprint density at radius 1 is 1.46 bits per heavy atom. The van der Waals surface area contributed by atoms with Gasteiger partial charge in [0.05, 0.1) is 11.7 Å². The molecule has 0 aromatic carbocycles. The number of aliphatic hydroxyl groups excluding tert-OH is 1. The molecule has 0 aromatic heterocycles. The van der Waals surface area contributed by atoms with Gasteiger partial charge < -0.3 is 15.1 Å². The SMILES string of the molecule is CC(O)CC(C)(C)O.CN(C)C=O. The number of carbonyl (C=O) groups excluding carboxylic acids is 1. The Kier molecular flexibility index (Phi) is 7.85. The maximum Gasteiger partial charge on any atom is 0.209 e. The molecule has 0 spiro atoms. The van der Waals surface area contributed by atoms with Gasteiger partial charge in [-0.05, 0) is 20.8 Å². The van der Waals surface area contributed by atoms with Crippen molar-refractivity contribution in [1.29, 1.82) is 0 Å². The van der Waals surface area contributed by atoms with Gasteiger partial charge in [0.2, 0.25) is 6.41 Å². The highest BCUT2D eigenvalue weighted by Crippen LogP contribution is 2.09. The van der Waals surface area contributed by atoms with Gasteiger partial charge in [-0.3, -0.25) is 4.79 Å². The Morgan fingerprint density at radius 3 is 1.77 bits per heavy atom. The van der Waals surface area contributed by atoms with E-state index in [0.717, 1.165) is 6.41 Å². The third-order valence-corrected chi connectivity index (χ3v) is 1.01. The fourth-order valence-electron chi connectivity index (χ4n) is 0.723. The molecule has 4 nitrogen and oxygen atoms in total. The van der Waals surface area contributed by atoms with Crippen LogP contribution in [0.25, 0.3) is 0 Å². The lowest BCUT2D eigenvalue weighted by Gasteiger charge is -2.17. The molecule has 2 N–H and O–H groups in total. The summed E-state index contributed by atoms with van der Waals surface area (Å²) in [6.07, 6.45) is 0.780. The largest absolute Gasteiger partial charge is 0.393 e. The van der Waals surface area contributed by atoms with Crippen LogP contribution in [0, 0.1) is 0 Å². The maximum absolute atomic E-state index is 9.43. The summed E-state index contributed by atoms with van der Waals surface area (Å²) in [6.45, 7) is 5.03. The molecule has 0 aliphatic carbocycles. The third kappa shape index (κ3) is 24.6. The minimum Gasteiger partial charge on any atom is -0.393 e. The minimum absolute atomic E-state index is 0.407. The summed E-state index contributed by atoms with van der Waals surface area (Å²) in [7, 11) is 3.38. The van der Waals surface area contributed by atoms with Crippen molar-refractivity contribution in [2.45, 2.75) is 38.9 Å². The van der Waals surface area contributed by atoms with Gasteiger partial charge in [-0.25, -0.2) is 0 Å². The predicted octanol–water partition coefficient (Wildman–Crippen LogP) is 0.233. The average molecular weight is 191 g/mol. The Hall–Kier alpha value is -0.610. The van der Waals surface area contributed by atoms with Crippen molar-refractivity contribution in [3.63, 3.8) is 0 Å². The Bertz CT molecular complexity index is 127. The van der Waals surface area contributed by atoms with E-state index in [1.807, 2.05) is 0 Å². The van der Waals surface area contributed by atoms with Gasteiger partial charge in [0.1, 0.15) is 0 Å². The van der Waals surface area contributed by atoms with E-state index >= 15 is 0 Å². The smallest absolute Gasteiger partial charge is 0.209 e. The highest BCUT2D eigenvalue weighted by Gasteiger charge is 2.14. The number of nitrogens with zero attached hydrogens (tertiary/aromatic N) is 1. The van der Waals surface area contributed by atoms with E-state index in [0.29, 0.717) is 6.42 Å².